The Balaban J connectivity index is 2.39. The highest BCUT2D eigenvalue weighted by Gasteiger charge is 2.27. The monoisotopic (exact) mass is 450 g/mol. The molecule has 1 unspecified atom stereocenters. The molecule has 0 aliphatic rings. The van der Waals surface area contributed by atoms with E-state index in [-0.39, 0.29) is 16.2 Å². The number of carbonyl (C=O) groups excluding carboxylic acids is 1. The predicted octanol–water partition coefficient (Wildman–Crippen LogP) is 3.23. The van der Waals surface area contributed by atoms with Crippen LogP contribution in [-0.4, -0.2) is 53.0 Å². The van der Waals surface area contributed by atoms with Crippen molar-refractivity contribution in [2.24, 2.45) is 0 Å². The van der Waals surface area contributed by atoms with Crippen molar-refractivity contribution in [1.82, 2.24) is 9.62 Å². The smallest absolute Gasteiger partial charge is 0.251 e. The van der Waals surface area contributed by atoms with E-state index in [4.69, 9.17) is 14.2 Å². The van der Waals surface area contributed by atoms with Crippen LogP contribution in [-0.2, 0) is 10.0 Å². The van der Waals surface area contributed by atoms with Crippen molar-refractivity contribution in [1.29, 1.82) is 0 Å². The fourth-order valence-corrected chi connectivity index (χ4v) is 4.90. The van der Waals surface area contributed by atoms with Gasteiger partial charge in [-0.1, -0.05) is 13.8 Å². The molecular formula is C22H30N2O6S. The van der Waals surface area contributed by atoms with Gasteiger partial charge in [-0.3, -0.25) is 4.79 Å². The zero-order valence-corrected chi connectivity index (χ0v) is 19.6. The predicted molar refractivity (Wildman–Crippen MR) is 119 cm³/mol. The van der Waals surface area contributed by atoms with Crippen LogP contribution < -0.4 is 19.5 Å². The molecule has 0 radical (unpaired) electrons. The second kappa shape index (κ2) is 10.5. The molecule has 0 aromatic heterocycles. The molecule has 0 heterocycles. The maximum absolute atomic E-state index is 13.0. The van der Waals surface area contributed by atoms with Crippen LogP contribution in [0.4, 0.5) is 0 Å². The van der Waals surface area contributed by atoms with Gasteiger partial charge in [-0.2, -0.15) is 4.31 Å². The lowest BCUT2D eigenvalue weighted by atomic mass is 10.1. The van der Waals surface area contributed by atoms with Gasteiger partial charge in [0.15, 0.2) is 0 Å². The molecule has 170 valence electrons. The van der Waals surface area contributed by atoms with Crippen LogP contribution in [0, 0.1) is 0 Å². The number of benzene rings is 2. The van der Waals surface area contributed by atoms with E-state index in [1.54, 1.807) is 46.3 Å². The van der Waals surface area contributed by atoms with E-state index in [0.717, 1.165) is 5.56 Å². The fourth-order valence-electron chi connectivity index (χ4n) is 3.26. The van der Waals surface area contributed by atoms with Gasteiger partial charge in [0.25, 0.3) is 5.91 Å². The number of rotatable bonds is 10. The topological polar surface area (TPSA) is 94.2 Å². The normalized spacial score (nSPS) is 12.4. The maximum atomic E-state index is 13.0. The summed E-state index contributed by atoms with van der Waals surface area (Å²) in [5.41, 5.74) is 0.944. The molecule has 0 spiro atoms. The maximum Gasteiger partial charge on any atom is 0.251 e. The first-order valence-electron chi connectivity index (χ1n) is 9.94. The minimum absolute atomic E-state index is 0.0436. The van der Waals surface area contributed by atoms with E-state index in [9.17, 15) is 13.2 Å². The van der Waals surface area contributed by atoms with Gasteiger partial charge >= 0.3 is 0 Å². The highest BCUT2D eigenvalue weighted by Crippen LogP contribution is 2.31. The van der Waals surface area contributed by atoms with Crippen LogP contribution >= 0.6 is 0 Å². The molecule has 0 fully saturated rings. The van der Waals surface area contributed by atoms with Gasteiger partial charge in [0, 0.05) is 24.2 Å². The Morgan fingerprint density at radius 1 is 0.968 bits per heavy atom. The number of nitrogens with zero attached hydrogens (tertiary/aromatic N) is 1. The molecule has 2 aromatic rings. The van der Waals surface area contributed by atoms with E-state index >= 15 is 0 Å². The zero-order valence-electron chi connectivity index (χ0n) is 18.8. The van der Waals surface area contributed by atoms with Crippen LogP contribution in [0.5, 0.6) is 17.2 Å². The van der Waals surface area contributed by atoms with Gasteiger partial charge < -0.3 is 19.5 Å². The van der Waals surface area contributed by atoms with Crippen molar-refractivity contribution in [3.05, 3.63) is 47.5 Å². The van der Waals surface area contributed by atoms with Crippen molar-refractivity contribution in [2.45, 2.75) is 31.7 Å². The average Bonchev–Trinajstić information content (AvgIpc) is 2.78. The largest absolute Gasteiger partial charge is 0.497 e. The van der Waals surface area contributed by atoms with Crippen molar-refractivity contribution in [2.75, 3.05) is 34.4 Å². The molecule has 0 aliphatic heterocycles. The molecule has 1 atom stereocenters. The Kier molecular flexibility index (Phi) is 8.29. The second-order valence-corrected chi connectivity index (χ2v) is 8.66. The summed E-state index contributed by atoms with van der Waals surface area (Å²) in [5, 5.41) is 2.89. The summed E-state index contributed by atoms with van der Waals surface area (Å²) in [4.78, 5) is 12.9. The van der Waals surface area contributed by atoms with E-state index in [1.807, 2.05) is 6.92 Å². The number of methoxy groups -OCH3 is 3. The summed E-state index contributed by atoms with van der Waals surface area (Å²) < 4.78 is 43.3. The Bertz CT molecular complexity index is 1020. The van der Waals surface area contributed by atoms with Crippen LogP contribution in [0.15, 0.2) is 41.3 Å². The molecule has 2 aromatic carbocycles. The molecule has 2 rings (SSSR count). The summed E-state index contributed by atoms with van der Waals surface area (Å²) in [5.74, 6) is 1.00. The van der Waals surface area contributed by atoms with Crippen LogP contribution in [0.3, 0.4) is 0 Å². The number of hydrogen-bond donors (Lipinski definition) is 1. The molecule has 1 amide bonds. The van der Waals surface area contributed by atoms with Gasteiger partial charge in [0.05, 0.1) is 27.4 Å². The molecule has 1 N–H and O–H groups in total. The lowest BCUT2D eigenvalue weighted by Crippen LogP contribution is -2.31. The van der Waals surface area contributed by atoms with Gasteiger partial charge in [0.2, 0.25) is 10.0 Å². The molecule has 0 bridgehead atoms. The first kappa shape index (κ1) is 24.5. The van der Waals surface area contributed by atoms with E-state index in [1.165, 1.54) is 29.6 Å². The third-order valence-electron chi connectivity index (χ3n) is 5.00. The van der Waals surface area contributed by atoms with Crippen molar-refractivity contribution in [3.63, 3.8) is 0 Å². The quantitative estimate of drug-likeness (QED) is 0.597. The number of sulfonamides is 1. The van der Waals surface area contributed by atoms with Crippen LogP contribution in [0.2, 0.25) is 0 Å². The molecule has 0 saturated heterocycles. The Hall–Kier alpha value is -2.78. The van der Waals surface area contributed by atoms with Gasteiger partial charge in [0.1, 0.15) is 22.1 Å². The molecule has 0 aliphatic carbocycles. The Labute approximate surface area is 184 Å². The number of ether oxygens (including phenoxy) is 3. The number of carbonyl (C=O) groups is 1. The highest BCUT2D eigenvalue weighted by molar-refractivity contribution is 7.89. The average molecular weight is 451 g/mol. The van der Waals surface area contributed by atoms with E-state index in [2.05, 4.69) is 5.32 Å². The first-order valence-corrected chi connectivity index (χ1v) is 11.4. The first-order chi connectivity index (χ1) is 14.7. The summed E-state index contributed by atoms with van der Waals surface area (Å²) in [6, 6.07) is 9.27. The van der Waals surface area contributed by atoms with Crippen LogP contribution in [0.25, 0.3) is 0 Å². The SMILES string of the molecule is CCN(CC)S(=O)(=O)c1cc(C(=O)NC(C)c2cc(OC)ccc2OC)ccc1OC. The van der Waals surface area contributed by atoms with Crippen molar-refractivity contribution >= 4 is 15.9 Å². The number of nitrogens with one attached hydrogen (secondary N) is 1. The minimum atomic E-state index is -3.81. The fraction of sp³-hybridized carbons (Fsp3) is 0.409. The summed E-state index contributed by atoms with van der Waals surface area (Å²) in [7, 11) is 0.697. The number of amides is 1. The summed E-state index contributed by atoms with van der Waals surface area (Å²) in [6.07, 6.45) is 0. The summed E-state index contributed by atoms with van der Waals surface area (Å²) >= 11 is 0. The minimum Gasteiger partial charge on any atom is -0.497 e. The number of hydrogen-bond acceptors (Lipinski definition) is 6. The molecule has 8 nitrogen and oxygen atoms in total. The third-order valence-corrected chi connectivity index (χ3v) is 7.07. The standard InChI is InChI=1S/C22H30N2O6S/c1-7-24(8-2)31(26,27)21-13-16(9-11-20(21)30-6)22(25)23-15(3)18-14-17(28-4)10-12-19(18)29-5/h9-15H,7-8H2,1-6H3,(H,23,25). The molecule has 31 heavy (non-hydrogen) atoms. The van der Waals surface area contributed by atoms with Gasteiger partial charge in [-0.15, -0.1) is 0 Å². The third kappa shape index (κ3) is 5.29. The van der Waals surface area contributed by atoms with E-state index in [0.29, 0.717) is 24.6 Å². The second-order valence-electron chi connectivity index (χ2n) is 6.76. The molecule has 9 heteroatoms. The Morgan fingerprint density at radius 3 is 2.13 bits per heavy atom. The van der Waals surface area contributed by atoms with E-state index < -0.39 is 22.0 Å². The molecular weight excluding hydrogens is 420 g/mol. The van der Waals surface area contributed by atoms with Crippen molar-refractivity contribution < 1.29 is 27.4 Å². The Morgan fingerprint density at radius 2 is 1.58 bits per heavy atom. The lowest BCUT2D eigenvalue weighted by Gasteiger charge is -2.21. The van der Waals surface area contributed by atoms with Crippen molar-refractivity contribution in [3.8, 4) is 17.2 Å². The van der Waals surface area contributed by atoms with Gasteiger partial charge in [-0.05, 0) is 43.3 Å². The highest BCUT2D eigenvalue weighted by atomic mass is 32.2. The van der Waals surface area contributed by atoms with Crippen LogP contribution in [0.1, 0.15) is 42.7 Å². The lowest BCUT2D eigenvalue weighted by molar-refractivity contribution is 0.0939. The van der Waals surface area contributed by atoms with Gasteiger partial charge in [-0.25, -0.2) is 8.42 Å². The molecule has 0 saturated carbocycles. The zero-order chi connectivity index (χ0) is 23.2. The summed E-state index contributed by atoms with van der Waals surface area (Å²) in [6.45, 7) is 5.95.